The Labute approximate surface area is 166 Å². The number of nitrogens with one attached hydrogen (secondary N) is 3. The summed E-state index contributed by atoms with van der Waals surface area (Å²) < 4.78 is 10.6. The fraction of sp³-hybridized carbons (Fsp3) is 0.381. The highest BCUT2D eigenvalue weighted by Crippen LogP contribution is 2.18. The molecule has 0 radical (unpaired) electrons. The summed E-state index contributed by atoms with van der Waals surface area (Å²) in [6.07, 6.45) is 2.57. The van der Waals surface area contributed by atoms with Gasteiger partial charge in [-0.2, -0.15) is 0 Å². The first-order valence-corrected chi connectivity index (χ1v) is 9.78. The summed E-state index contributed by atoms with van der Waals surface area (Å²) in [5.41, 5.74) is 2.23. The average molecular weight is 387 g/mol. The van der Waals surface area contributed by atoms with E-state index < -0.39 is 0 Å². The normalized spacial score (nSPS) is 15.2. The van der Waals surface area contributed by atoms with E-state index in [9.17, 15) is 0 Å². The highest BCUT2D eigenvalue weighted by atomic mass is 32.1. The highest BCUT2D eigenvalue weighted by Gasteiger charge is 2.27. The monoisotopic (exact) mass is 386 g/mol. The maximum Gasteiger partial charge on any atom is 0.171 e. The molecule has 0 spiro atoms. The number of benzene rings is 2. The minimum atomic E-state index is 0.364. The molecule has 0 saturated carbocycles. The number of rotatable bonds is 7. The Morgan fingerprint density at radius 2 is 1.74 bits per heavy atom. The van der Waals surface area contributed by atoms with Crippen LogP contribution in [0.4, 0.5) is 5.69 Å². The van der Waals surface area contributed by atoms with Crippen LogP contribution in [-0.2, 0) is 0 Å². The Hall–Kier alpha value is -2.31. The first kappa shape index (κ1) is 19.5. The van der Waals surface area contributed by atoms with E-state index in [4.69, 9.17) is 21.7 Å². The van der Waals surface area contributed by atoms with E-state index in [0.717, 1.165) is 23.7 Å². The first-order chi connectivity index (χ1) is 13.2. The third-order valence-electron chi connectivity index (χ3n) is 5.05. The molecule has 0 bridgehead atoms. The molecule has 1 fully saturated rings. The molecule has 1 aliphatic heterocycles. The largest absolute Gasteiger partial charge is 0.497 e. The second-order valence-electron chi connectivity index (χ2n) is 6.76. The van der Waals surface area contributed by atoms with Crippen molar-refractivity contribution in [3.8, 4) is 11.5 Å². The molecule has 1 atom stereocenters. The SMILES string of the molecule is COc1ccc([C@H](CNC(=S)Nc2cccc(OC)c2)[NH+]2CCCC2)cc1. The van der Waals surface area contributed by atoms with Gasteiger partial charge in [0, 0.05) is 30.2 Å². The molecular weight excluding hydrogens is 358 g/mol. The van der Waals surface area contributed by atoms with Crippen LogP contribution in [0.2, 0.25) is 0 Å². The van der Waals surface area contributed by atoms with Gasteiger partial charge in [-0.25, -0.2) is 0 Å². The second kappa shape index (κ2) is 9.58. The molecule has 3 N–H and O–H groups in total. The van der Waals surface area contributed by atoms with Gasteiger partial charge in [0.2, 0.25) is 0 Å². The van der Waals surface area contributed by atoms with Crippen LogP contribution in [0, 0.1) is 0 Å². The Morgan fingerprint density at radius 3 is 2.41 bits per heavy atom. The van der Waals surface area contributed by atoms with E-state index in [-0.39, 0.29) is 0 Å². The molecular formula is C21H28N3O2S+. The molecule has 5 nitrogen and oxygen atoms in total. The van der Waals surface area contributed by atoms with Crippen LogP contribution in [0.5, 0.6) is 11.5 Å². The van der Waals surface area contributed by atoms with Crippen molar-refractivity contribution < 1.29 is 14.4 Å². The van der Waals surface area contributed by atoms with Crippen LogP contribution >= 0.6 is 12.2 Å². The highest BCUT2D eigenvalue weighted by molar-refractivity contribution is 7.80. The third-order valence-corrected chi connectivity index (χ3v) is 5.30. The molecule has 0 amide bonds. The van der Waals surface area contributed by atoms with Gasteiger partial charge in [-0.1, -0.05) is 6.07 Å². The Morgan fingerprint density at radius 1 is 1.04 bits per heavy atom. The van der Waals surface area contributed by atoms with E-state index in [0.29, 0.717) is 11.2 Å². The van der Waals surface area contributed by atoms with Gasteiger partial charge in [-0.15, -0.1) is 0 Å². The van der Waals surface area contributed by atoms with Crippen molar-refractivity contribution in [1.29, 1.82) is 0 Å². The molecule has 6 heteroatoms. The number of quaternary nitrogens is 1. The molecule has 2 aromatic rings. The summed E-state index contributed by atoms with van der Waals surface area (Å²) in [6, 6.07) is 16.5. The predicted octanol–water partition coefficient (Wildman–Crippen LogP) is 2.41. The number of hydrogen-bond acceptors (Lipinski definition) is 3. The molecule has 144 valence electrons. The van der Waals surface area contributed by atoms with Gasteiger partial charge < -0.3 is 25.0 Å². The quantitative estimate of drug-likeness (QED) is 0.638. The van der Waals surface area contributed by atoms with Gasteiger partial charge >= 0.3 is 0 Å². The zero-order valence-electron chi connectivity index (χ0n) is 16.0. The molecule has 1 saturated heterocycles. The second-order valence-corrected chi connectivity index (χ2v) is 7.17. The van der Waals surface area contributed by atoms with Gasteiger partial charge in [0.25, 0.3) is 0 Å². The fourth-order valence-electron chi connectivity index (χ4n) is 3.58. The van der Waals surface area contributed by atoms with Crippen LogP contribution in [0.15, 0.2) is 48.5 Å². The molecule has 1 heterocycles. The number of hydrogen-bond donors (Lipinski definition) is 3. The van der Waals surface area contributed by atoms with Gasteiger partial charge in [-0.3, -0.25) is 0 Å². The zero-order valence-corrected chi connectivity index (χ0v) is 16.8. The smallest absolute Gasteiger partial charge is 0.171 e. The van der Waals surface area contributed by atoms with Gasteiger partial charge in [0.1, 0.15) is 17.5 Å². The third kappa shape index (κ3) is 5.34. The Kier molecular flexibility index (Phi) is 6.90. The van der Waals surface area contributed by atoms with Crippen LogP contribution < -0.4 is 25.0 Å². The van der Waals surface area contributed by atoms with Crippen molar-refractivity contribution in [3.63, 3.8) is 0 Å². The molecule has 1 aliphatic rings. The lowest BCUT2D eigenvalue weighted by atomic mass is 10.1. The van der Waals surface area contributed by atoms with Gasteiger partial charge in [0.05, 0.1) is 33.9 Å². The van der Waals surface area contributed by atoms with E-state index in [2.05, 4.69) is 22.8 Å². The van der Waals surface area contributed by atoms with Gasteiger partial charge in [0.15, 0.2) is 5.11 Å². The zero-order chi connectivity index (χ0) is 19.1. The van der Waals surface area contributed by atoms with E-state index in [1.54, 1.807) is 19.1 Å². The number of methoxy groups -OCH3 is 2. The molecule has 27 heavy (non-hydrogen) atoms. The summed E-state index contributed by atoms with van der Waals surface area (Å²) in [5, 5.41) is 7.27. The molecule has 2 aromatic carbocycles. The Bertz CT molecular complexity index is 745. The van der Waals surface area contributed by atoms with Crippen molar-refractivity contribution in [2.24, 2.45) is 0 Å². The predicted molar refractivity (Wildman–Crippen MR) is 113 cm³/mol. The fourth-order valence-corrected chi connectivity index (χ4v) is 3.78. The van der Waals surface area contributed by atoms with Gasteiger partial charge in [-0.05, 0) is 48.6 Å². The standard InChI is InChI=1S/C21H27N3O2S/c1-25-18-10-8-16(9-11-18)20(24-12-3-4-13-24)15-22-21(27)23-17-6-5-7-19(14-17)26-2/h5-11,14,20H,3-4,12-13,15H2,1-2H3,(H2,22,23,27)/p+1/t20-/m0/s1. The van der Waals surface area contributed by atoms with Crippen LogP contribution in [0.3, 0.4) is 0 Å². The molecule has 0 unspecified atom stereocenters. The van der Waals surface area contributed by atoms with Crippen LogP contribution in [0.25, 0.3) is 0 Å². The maximum absolute atomic E-state index is 5.51. The van der Waals surface area contributed by atoms with E-state index >= 15 is 0 Å². The van der Waals surface area contributed by atoms with Crippen LogP contribution in [-0.4, -0.2) is 39.0 Å². The number of thiocarbonyl (C=S) groups is 1. The molecule has 3 rings (SSSR count). The number of likely N-dealkylation sites (tertiary alicyclic amines) is 1. The van der Waals surface area contributed by atoms with Crippen molar-refractivity contribution in [1.82, 2.24) is 5.32 Å². The molecule has 0 aliphatic carbocycles. The van der Waals surface area contributed by atoms with Crippen molar-refractivity contribution >= 4 is 23.0 Å². The summed E-state index contributed by atoms with van der Waals surface area (Å²) in [5.74, 6) is 1.69. The topological polar surface area (TPSA) is 47.0 Å². The maximum atomic E-state index is 5.51. The minimum Gasteiger partial charge on any atom is -0.497 e. The minimum absolute atomic E-state index is 0.364. The Balaban J connectivity index is 1.63. The lowest BCUT2D eigenvalue weighted by molar-refractivity contribution is -0.918. The first-order valence-electron chi connectivity index (χ1n) is 9.37. The van der Waals surface area contributed by atoms with Crippen molar-refractivity contribution in [2.45, 2.75) is 18.9 Å². The van der Waals surface area contributed by atoms with E-state index in [1.165, 1.54) is 31.5 Å². The van der Waals surface area contributed by atoms with Crippen molar-refractivity contribution in [2.75, 3.05) is 39.2 Å². The lowest BCUT2D eigenvalue weighted by Gasteiger charge is -2.26. The van der Waals surface area contributed by atoms with Crippen LogP contribution in [0.1, 0.15) is 24.4 Å². The number of ether oxygens (including phenoxy) is 2. The summed E-state index contributed by atoms with van der Waals surface area (Å²) in [6.45, 7) is 3.19. The number of anilines is 1. The lowest BCUT2D eigenvalue weighted by Crippen LogP contribution is -3.11. The van der Waals surface area contributed by atoms with E-state index in [1.807, 2.05) is 36.4 Å². The summed E-state index contributed by atoms with van der Waals surface area (Å²) in [4.78, 5) is 1.61. The summed E-state index contributed by atoms with van der Waals surface area (Å²) >= 11 is 5.51. The van der Waals surface area contributed by atoms with Crippen molar-refractivity contribution in [3.05, 3.63) is 54.1 Å². The summed E-state index contributed by atoms with van der Waals surface area (Å²) in [7, 11) is 3.36. The molecule has 0 aromatic heterocycles. The average Bonchev–Trinajstić information content (AvgIpc) is 3.23.